The van der Waals surface area contributed by atoms with Gasteiger partial charge in [-0.15, -0.1) is 11.3 Å². The van der Waals surface area contributed by atoms with Crippen LogP contribution in [0.1, 0.15) is 20.8 Å². The van der Waals surface area contributed by atoms with Crippen molar-refractivity contribution in [2.45, 2.75) is 13.8 Å². The number of aryl methyl sites for hydroxylation is 2. The van der Waals surface area contributed by atoms with E-state index in [-0.39, 0.29) is 5.91 Å². The van der Waals surface area contributed by atoms with E-state index in [1.54, 1.807) is 6.07 Å². The summed E-state index contributed by atoms with van der Waals surface area (Å²) >= 11 is 9.66. The molecule has 0 saturated heterocycles. The molecule has 0 radical (unpaired) electrons. The molecule has 2 aromatic heterocycles. The second-order valence-electron chi connectivity index (χ2n) is 4.56. The van der Waals surface area contributed by atoms with Crippen molar-refractivity contribution in [2.75, 3.05) is 5.32 Å². The van der Waals surface area contributed by atoms with Gasteiger partial charge in [-0.05, 0) is 69.0 Å². The minimum absolute atomic E-state index is 0.139. The van der Waals surface area contributed by atoms with Crippen molar-refractivity contribution in [1.29, 1.82) is 0 Å². The zero-order valence-electron chi connectivity index (χ0n) is 11.2. The third kappa shape index (κ3) is 2.92. The number of rotatable bonds is 2. The predicted molar refractivity (Wildman–Crippen MR) is 96.8 cm³/mol. The van der Waals surface area contributed by atoms with E-state index >= 15 is 0 Å². The average molecular weight is 446 g/mol. The number of aromatic nitrogens is 1. The lowest BCUT2D eigenvalue weighted by molar-refractivity contribution is 0.103. The Morgan fingerprint density at radius 3 is 2.67 bits per heavy atom. The molecule has 0 saturated carbocycles. The van der Waals surface area contributed by atoms with Crippen molar-refractivity contribution in [2.24, 2.45) is 0 Å². The topological polar surface area (TPSA) is 42.0 Å². The Morgan fingerprint density at radius 2 is 2.00 bits per heavy atom. The number of anilines is 1. The maximum atomic E-state index is 12.2. The smallest absolute Gasteiger partial charge is 0.267 e. The van der Waals surface area contributed by atoms with E-state index in [9.17, 15) is 4.79 Å². The molecule has 21 heavy (non-hydrogen) atoms. The third-order valence-corrected chi connectivity index (χ3v) is 7.37. The van der Waals surface area contributed by atoms with Gasteiger partial charge in [0, 0.05) is 4.47 Å². The maximum absolute atomic E-state index is 12.2. The number of nitrogens with zero attached hydrogens (tertiary/aromatic N) is 1. The third-order valence-electron chi connectivity index (χ3n) is 3.17. The number of halogens is 2. The van der Waals surface area contributed by atoms with Crippen molar-refractivity contribution < 1.29 is 4.79 Å². The van der Waals surface area contributed by atoms with Gasteiger partial charge in [0.25, 0.3) is 5.91 Å². The van der Waals surface area contributed by atoms with Crippen LogP contribution >= 0.6 is 54.5 Å². The van der Waals surface area contributed by atoms with Crippen LogP contribution in [-0.2, 0) is 0 Å². The van der Waals surface area contributed by atoms with E-state index in [1.807, 2.05) is 6.07 Å². The zero-order chi connectivity index (χ0) is 15.1. The SMILES string of the molecule is Cc1ccc2sc(NC(=O)c3cc(Br)c(Br)s3)nc2c1C. The van der Waals surface area contributed by atoms with E-state index in [0.717, 1.165) is 24.0 Å². The molecule has 0 aliphatic carbocycles. The van der Waals surface area contributed by atoms with Crippen molar-refractivity contribution in [1.82, 2.24) is 4.98 Å². The normalized spacial score (nSPS) is 11.0. The van der Waals surface area contributed by atoms with Gasteiger partial charge in [-0.3, -0.25) is 10.1 Å². The Morgan fingerprint density at radius 1 is 1.24 bits per heavy atom. The fourth-order valence-corrected chi connectivity index (χ4v) is 4.75. The summed E-state index contributed by atoms with van der Waals surface area (Å²) in [6.45, 7) is 4.11. The number of carbonyl (C=O) groups excluding carboxylic acids is 1. The molecule has 0 spiro atoms. The summed E-state index contributed by atoms with van der Waals surface area (Å²) in [4.78, 5) is 17.4. The van der Waals surface area contributed by atoms with Crippen molar-refractivity contribution in [3.63, 3.8) is 0 Å². The molecule has 7 heteroatoms. The van der Waals surface area contributed by atoms with Gasteiger partial charge in [-0.2, -0.15) is 0 Å². The lowest BCUT2D eigenvalue weighted by atomic mass is 10.1. The second kappa shape index (κ2) is 5.79. The molecular weight excluding hydrogens is 436 g/mol. The molecule has 0 unspecified atom stereocenters. The number of thiazole rings is 1. The first-order chi connectivity index (χ1) is 9.95. The fourth-order valence-electron chi connectivity index (χ4n) is 1.90. The Labute approximate surface area is 146 Å². The molecule has 0 atom stereocenters. The monoisotopic (exact) mass is 444 g/mol. The number of fused-ring (bicyclic) bond motifs is 1. The van der Waals surface area contributed by atoms with Gasteiger partial charge < -0.3 is 0 Å². The first-order valence-corrected chi connectivity index (χ1v) is 9.30. The Balaban J connectivity index is 1.91. The Kier molecular flexibility index (Phi) is 4.18. The molecular formula is C14H10Br2N2OS2. The molecule has 1 amide bonds. The highest BCUT2D eigenvalue weighted by Gasteiger charge is 2.15. The Hall–Kier alpha value is -0.760. The number of benzene rings is 1. The van der Waals surface area contributed by atoms with E-state index in [2.05, 4.69) is 62.1 Å². The molecule has 1 N–H and O–H groups in total. The summed E-state index contributed by atoms with van der Waals surface area (Å²) in [5.74, 6) is -0.139. The summed E-state index contributed by atoms with van der Waals surface area (Å²) in [6.07, 6.45) is 0. The van der Waals surface area contributed by atoms with Crippen LogP contribution < -0.4 is 5.32 Å². The summed E-state index contributed by atoms with van der Waals surface area (Å²) in [5.41, 5.74) is 3.33. The maximum Gasteiger partial charge on any atom is 0.267 e. The van der Waals surface area contributed by atoms with Crippen LogP contribution in [0.3, 0.4) is 0 Å². The molecule has 3 aromatic rings. The van der Waals surface area contributed by atoms with Crippen molar-refractivity contribution in [3.8, 4) is 0 Å². The highest BCUT2D eigenvalue weighted by atomic mass is 79.9. The summed E-state index contributed by atoms with van der Waals surface area (Å²) in [5, 5.41) is 3.50. The van der Waals surface area contributed by atoms with Gasteiger partial charge in [-0.1, -0.05) is 17.4 Å². The van der Waals surface area contributed by atoms with Gasteiger partial charge in [-0.25, -0.2) is 4.98 Å². The molecule has 0 bridgehead atoms. The lowest BCUT2D eigenvalue weighted by Gasteiger charge is -1.98. The quantitative estimate of drug-likeness (QED) is 0.545. The van der Waals surface area contributed by atoms with Crippen molar-refractivity contribution in [3.05, 3.63) is 42.5 Å². The van der Waals surface area contributed by atoms with Gasteiger partial charge in [0.1, 0.15) is 0 Å². The van der Waals surface area contributed by atoms with Gasteiger partial charge in [0.05, 0.1) is 18.9 Å². The number of hydrogen-bond donors (Lipinski definition) is 1. The molecule has 0 fully saturated rings. The van der Waals surface area contributed by atoms with Gasteiger partial charge >= 0.3 is 0 Å². The summed E-state index contributed by atoms with van der Waals surface area (Å²) in [7, 11) is 0. The molecule has 108 valence electrons. The van der Waals surface area contributed by atoms with Gasteiger partial charge in [0.2, 0.25) is 0 Å². The number of hydrogen-bond acceptors (Lipinski definition) is 4. The first kappa shape index (κ1) is 15.1. The highest BCUT2D eigenvalue weighted by Crippen LogP contribution is 2.34. The van der Waals surface area contributed by atoms with Gasteiger partial charge in [0.15, 0.2) is 5.13 Å². The predicted octanol–water partition coefficient (Wildman–Crippen LogP) is 5.75. The van der Waals surface area contributed by atoms with Crippen molar-refractivity contribution >= 4 is 75.8 Å². The summed E-state index contributed by atoms with van der Waals surface area (Å²) < 4.78 is 2.87. The average Bonchev–Trinajstić information content (AvgIpc) is 2.99. The zero-order valence-corrected chi connectivity index (χ0v) is 16.0. The van der Waals surface area contributed by atoms with Crippen LogP contribution in [0.25, 0.3) is 10.2 Å². The van der Waals surface area contributed by atoms with E-state index in [0.29, 0.717) is 10.0 Å². The van der Waals surface area contributed by atoms with Crippen LogP contribution in [-0.4, -0.2) is 10.9 Å². The number of amides is 1. The minimum atomic E-state index is -0.139. The minimum Gasteiger partial charge on any atom is -0.297 e. The van der Waals surface area contributed by atoms with E-state index in [1.165, 1.54) is 28.2 Å². The second-order valence-corrected chi connectivity index (χ2v) is 8.81. The molecule has 0 aliphatic heterocycles. The van der Waals surface area contributed by atoms with E-state index < -0.39 is 0 Å². The number of thiophene rings is 1. The fraction of sp³-hybridized carbons (Fsp3) is 0.143. The summed E-state index contributed by atoms with van der Waals surface area (Å²) in [6, 6.07) is 5.92. The lowest BCUT2D eigenvalue weighted by Crippen LogP contribution is -2.09. The molecule has 1 aromatic carbocycles. The van der Waals surface area contributed by atoms with Crippen LogP contribution in [0, 0.1) is 13.8 Å². The standard InChI is InChI=1S/C14H10Br2N2OS2/c1-6-3-4-9-11(7(6)2)17-14(21-9)18-13(19)10-5-8(15)12(16)20-10/h3-5H,1-2H3,(H,17,18,19). The van der Waals surface area contributed by atoms with E-state index in [4.69, 9.17) is 0 Å². The molecule has 3 nitrogen and oxygen atoms in total. The molecule has 3 rings (SSSR count). The Bertz CT molecular complexity index is 835. The van der Waals surface area contributed by atoms with Crippen LogP contribution in [0.2, 0.25) is 0 Å². The highest BCUT2D eigenvalue weighted by molar-refractivity contribution is 9.13. The van der Waals surface area contributed by atoms with Crippen LogP contribution in [0.15, 0.2) is 26.5 Å². The number of nitrogens with one attached hydrogen (secondary N) is 1. The molecule has 0 aliphatic rings. The van der Waals surface area contributed by atoms with Crippen LogP contribution in [0.5, 0.6) is 0 Å². The first-order valence-electron chi connectivity index (χ1n) is 6.08. The molecule has 2 heterocycles. The largest absolute Gasteiger partial charge is 0.297 e. The van der Waals surface area contributed by atoms with Crippen LogP contribution in [0.4, 0.5) is 5.13 Å². The number of carbonyl (C=O) groups is 1.